The van der Waals surface area contributed by atoms with Crippen LogP contribution in [0.4, 0.5) is 0 Å². The molecule has 3 heterocycles. The molecule has 7 nitrogen and oxygen atoms in total. The van der Waals surface area contributed by atoms with Crippen LogP contribution in [0.1, 0.15) is 17.9 Å². The van der Waals surface area contributed by atoms with Gasteiger partial charge in [0.05, 0.1) is 0 Å². The summed E-state index contributed by atoms with van der Waals surface area (Å²) in [6, 6.07) is 0. The van der Waals surface area contributed by atoms with Crippen molar-refractivity contribution in [2.24, 2.45) is 11.8 Å². The van der Waals surface area contributed by atoms with Crippen molar-refractivity contribution in [1.29, 1.82) is 0 Å². The Morgan fingerprint density at radius 2 is 2.00 bits per heavy atom. The summed E-state index contributed by atoms with van der Waals surface area (Å²) in [6.07, 6.45) is 0.401. The van der Waals surface area contributed by atoms with E-state index in [1.165, 1.54) is 4.31 Å². The number of nitrogens with one attached hydrogen (secondary N) is 1. The van der Waals surface area contributed by atoms with Gasteiger partial charge >= 0.3 is 0 Å². The minimum Gasteiger partial charge on any atom is -0.360 e. The standard InChI is InChI=1S/C12H17N3O4S/c1-7-12(8(2)19-14-7)20(17,18)15-5-9-3-11(16)13-4-10(9)6-15/h9-10H,3-6H2,1-2H3,(H,13,16)/t9-,10+/m0/s1. The average molecular weight is 299 g/mol. The van der Waals surface area contributed by atoms with Crippen molar-refractivity contribution in [2.45, 2.75) is 25.2 Å². The van der Waals surface area contributed by atoms with E-state index in [2.05, 4.69) is 10.5 Å². The highest BCUT2D eigenvalue weighted by Crippen LogP contribution is 2.33. The third kappa shape index (κ3) is 2.03. The number of rotatable bonds is 2. The first-order valence-electron chi connectivity index (χ1n) is 6.59. The second-order valence-electron chi connectivity index (χ2n) is 5.50. The van der Waals surface area contributed by atoms with E-state index in [0.29, 0.717) is 37.5 Å². The van der Waals surface area contributed by atoms with E-state index in [-0.39, 0.29) is 22.6 Å². The third-order valence-electron chi connectivity index (χ3n) is 4.12. The van der Waals surface area contributed by atoms with Gasteiger partial charge in [-0.3, -0.25) is 4.79 Å². The number of nitrogens with zero attached hydrogens (tertiary/aromatic N) is 2. The molecule has 2 aliphatic rings. The van der Waals surface area contributed by atoms with E-state index in [9.17, 15) is 13.2 Å². The fourth-order valence-electron chi connectivity index (χ4n) is 3.08. The van der Waals surface area contributed by atoms with Crippen molar-refractivity contribution in [3.05, 3.63) is 11.5 Å². The number of aryl methyl sites for hydroxylation is 2. The first-order valence-corrected chi connectivity index (χ1v) is 8.03. The zero-order valence-corrected chi connectivity index (χ0v) is 12.2. The van der Waals surface area contributed by atoms with Gasteiger partial charge in [-0.15, -0.1) is 0 Å². The maximum Gasteiger partial charge on any atom is 0.248 e. The Bertz CT molecular complexity index is 632. The Labute approximate surface area is 117 Å². The summed E-state index contributed by atoms with van der Waals surface area (Å²) in [7, 11) is -3.59. The number of piperidine rings is 1. The van der Waals surface area contributed by atoms with E-state index in [0.717, 1.165) is 0 Å². The van der Waals surface area contributed by atoms with Crippen LogP contribution in [0.2, 0.25) is 0 Å². The summed E-state index contributed by atoms with van der Waals surface area (Å²) < 4.78 is 31.8. The molecule has 2 fully saturated rings. The molecule has 2 saturated heterocycles. The number of fused-ring (bicyclic) bond motifs is 1. The van der Waals surface area contributed by atoms with Crippen molar-refractivity contribution in [1.82, 2.24) is 14.8 Å². The number of hydrogen-bond acceptors (Lipinski definition) is 5. The van der Waals surface area contributed by atoms with Gasteiger partial charge in [-0.05, 0) is 25.7 Å². The summed E-state index contributed by atoms with van der Waals surface area (Å²) in [5.41, 5.74) is 0.381. The van der Waals surface area contributed by atoms with Crippen LogP contribution in [-0.4, -0.2) is 43.4 Å². The molecule has 20 heavy (non-hydrogen) atoms. The molecular weight excluding hydrogens is 282 g/mol. The van der Waals surface area contributed by atoms with Crippen LogP contribution in [0.3, 0.4) is 0 Å². The lowest BCUT2D eigenvalue weighted by Gasteiger charge is -2.23. The number of aromatic nitrogens is 1. The predicted octanol–water partition coefficient (Wildman–Crippen LogP) is 0.0480. The van der Waals surface area contributed by atoms with E-state index >= 15 is 0 Å². The Morgan fingerprint density at radius 1 is 1.30 bits per heavy atom. The quantitative estimate of drug-likeness (QED) is 0.833. The second-order valence-corrected chi connectivity index (χ2v) is 7.38. The summed E-state index contributed by atoms with van der Waals surface area (Å²) in [4.78, 5) is 11.6. The van der Waals surface area contributed by atoms with Gasteiger partial charge in [-0.2, -0.15) is 4.31 Å². The molecule has 1 aromatic rings. The molecule has 8 heteroatoms. The molecule has 0 aromatic carbocycles. The molecule has 0 radical (unpaired) electrons. The zero-order valence-electron chi connectivity index (χ0n) is 11.4. The number of amides is 1. The van der Waals surface area contributed by atoms with Crippen molar-refractivity contribution in [3.63, 3.8) is 0 Å². The Balaban J connectivity index is 1.89. The summed E-state index contributed by atoms with van der Waals surface area (Å²) in [5.74, 6) is 0.622. The number of carbonyl (C=O) groups is 1. The minimum atomic E-state index is -3.59. The predicted molar refractivity (Wildman–Crippen MR) is 69.3 cm³/mol. The number of hydrogen-bond donors (Lipinski definition) is 1. The summed E-state index contributed by atoms with van der Waals surface area (Å²) in [6.45, 7) is 4.61. The van der Waals surface area contributed by atoms with E-state index < -0.39 is 10.0 Å². The fraction of sp³-hybridized carbons (Fsp3) is 0.667. The Hall–Kier alpha value is -1.41. The average Bonchev–Trinajstić information content (AvgIpc) is 2.93. The molecule has 0 bridgehead atoms. The Morgan fingerprint density at radius 3 is 2.65 bits per heavy atom. The largest absolute Gasteiger partial charge is 0.360 e. The highest BCUT2D eigenvalue weighted by atomic mass is 32.2. The van der Waals surface area contributed by atoms with Gasteiger partial charge < -0.3 is 9.84 Å². The first kappa shape index (κ1) is 13.6. The molecule has 0 aliphatic carbocycles. The van der Waals surface area contributed by atoms with E-state index in [1.807, 2.05) is 0 Å². The lowest BCUT2D eigenvalue weighted by atomic mass is 9.89. The maximum absolute atomic E-state index is 12.7. The van der Waals surface area contributed by atoms with Crippen molar-refractivity contribution in [3.8, 4) is 0 Å². The SMILES string of the molecule is Cc1noc(C)c1S(=O)(=O)N1C[C@H]2CNC(=O)C[C@H]2C1. The second kappa shape index (κ2) is 4.56. The van der Waals surface area contributed by atoms with Gasteiger partial charge in [0.15, 0.2) is 5.76 Å². The van der Waals surface area contributed by atoms with Gasteiger partial charge in [0.1, 0.15) is 10.6 Å². The van der Waals surface area contributed by atoms with E-state index in [4.69, 9.17) is 4.52 Å². The van der Waals surface area contributed by atoms with Crippen molar-refractivity contribution in [2.75, 3.05) is 19.6 Å². The summed E-state index contributed by atoms with van der Waals surface area (Å²) in [5, 5.41) is 6.50. The molecule has 1 N–H and O–H groups in total. The zero-order chi connectivity index (χ0) is 14.5. The molecule has 0 spiro atoms. The van der Waals surface area contributed by atoms with Crippen LogP contribution >= 0.6 is 0 Å². The van der Waals surface area contributed by atoms with Gasteiger partial charge in [0, 0.05) is 26.1 Å². The first-order chi connectivity index (χ1) is 9.39. The molecule has 0 saturated carbocycles. The molecule has 1 aromatic heterocycles. The van der Waals surface area contributed by atoms with Gasteiger partial charge in [0.25, 0.3) is 0 Å². The Kier molecular flexibility index (Phi) is 3.09. The number of carbonyl (C=O) groups excluding carboxylic acids is 1. The molecule has 0 unspecified atom stereocenters. The number of sulfonamides is 1. The normalized spacial score (nSPS) is 27.4. The molecular formula is C12H17N3O4S. The highest BCUT2D eigenvalue weighted by molar-refractivity contribution is 7.89. The van der Waals surface area contributed by atoms with Crippen LogP contribution in [0.25, 0.3) is 0 Å². The van der Waals surface area contributed by atoms with E-state index in [1.54, 1.807) is 13.8 Å². The smallest absolute Gasteiger partial charge is 0.248 e. The third-order valence-corrected chi connectivity index (χ3v) is 6.19. The lowest BCUT2D eigenvalue weighted by molar-refractivity contribution is -0.124. The maximum atomic E-state index is 12.7. The van der Waals surface area contributed by atoms with Crippen molar-refractivity contribution < 1.29 is 17.7 Å². The van der Waals surface area contributed by atoms with Gasteiger partial charge in [-0.1, -0.05) is 5.16 Å². The molecule has 3 rings (SSSR count). The van der Waals surface area contributed by atoms with Crippen LogP contribution in [0.15, 0.2) is 9.42 Å². The molecule has 110 valence electrons. The summed E-state index contributed by atoms with van der Waals surface area (Å²) >= 11 is 0. The monoisotopic (exact) mass is 299 g/mol. The topological polar surface area (TPSA) is 92.5 Å². The van der Waals surface area contributed by atoms with Crippen LogP contribution in [0.5, 0.6) is 0 Å². The van der Waals surface area contributed by atoms with Crippen molar-refractivity contribution >= 4 is 15.9 Å². The molecule has 1 amide bonds. The highest BCUT2D eigenvalue weighted by Gasteiger charge is 2.43. The van der Waals surface area contributed by atoms with Crippen LogP contribution < -0.4 is 5.32 Å². The van der Waals surface area contributed by atoms with Gasteiger partial charge in [-0.25, -0.2) is 8.42 Å². The molecule has 2 aliphatic heterocycles. The van der Waals surface area contributed by atoms with Crippen LogP contribution in [0, 0.1) is 25.7 Å². The van der Waals surface area contributed by atoms with Crippen LogP contribution in [-0.2, 0) is 14.8 Å². The minimum absolute atomic E-state index is 0.00263. The fourth-order valence-corrected chi connectivity index (χ4v) is 4.93. The lowest BCUT2D eigenvalue weighted by Crippen LogP contribution is -2.40. The molecule has 2 atom stereocenters. The van der Waals surface area contributed by atoms with Gasteiger partial charge in [0.2, 0.25) is 15.9 Å².